The van der Waals surface area contributed by atoms with E-state index in [1.165, 1.54) is 72.3 Å². The van der Waals surface area contributed by atoms with Crippen molar-refractivity contribution in [3.8, 4) is 44.5 Å². The van der Waals surface area contributed by atoms with Crippen molar-refractivity contribution in [1.82, 2.24) is 0 Å². The molecule has 8 aromatic rings. The minimum Gasteiger partial charge on any atom is -0.310 e. The highest BCUT2D eigenvalue weighted by molar-refractivity contribution is 5.93. The predicted octanol–water partition coefficient (Wildman–Crippen LogP) is 14.1. The summed E-state index contributed by atoms with van der Waals surface area (Å²) in [7, 11) is 0. The summed E-state index contributed by atoms with van der Waals surface area (Å²) in [5.74, 6) is 0. The fourth-order valence-electron chi connectivity index (χ4n) is 9.33. The van der Waals surface area contributed by atoms with E-state index in [9.17, 15) is 0 Å². The van der Waals surface area contributed by atoms with Gasteiger partial charge in [0.15, 0.2) is 0 Å². The van der Waals surface area contributed by atoms with Crippen LogP contribution in [0.3, 0.4) is 0 Å². The summed E-state index contributed by atoms with van der Waals surface area (Å²) in [4.78, 5) is 2.44. The van der Waals surface area contributed by atoms with Crippen molar-refractivity contribution < 1.29 is 0 Å². The first-order valence-corrected chi connectivity index (χ1v) is 19.0. The van der Waals surface area contributed by atoms with Gasteiger partial charge in [-0.05, 0) is 110 Å². The fraction of sp³-hybridized carbons (Fsp3) is 0.0943. The summed E-state index contributed by atoms with van der Waals surface area (Å²) in [6, 6.07) is 71.5. The molecule has 258 valence electrons. The van der Waals surface area contributed by atoms with Crippen LogP contribution in [0, 0.1) is 0 Å². The Labute approximate surface area is 318 Å². The molecule has 0 aliphatic heterocycles. The maximum Gasteiger partial charge on any atom is 0.0540 e. The van der Waals surface area contributed by atoms with Gasteiger partial charge in [0, 0.05) is 27.8 Å². The van der Waals surface area contributed by atoms with E-state index in [2.05, 4.69) is 220 Å². The molecule has 0 heterocycles. The summed E-state index contributed by atoms with van der Waals surface area (Å²) < 4.78 is 0. The highest BCUT2D eigenvalue weighted by atomic mass is 15.1. The number of para-hydroxylation sites is 1. The standard InChI is InChI=1S/C53H41N/c1-52(2)49-34-39(53(3)47-25-15-13-23-42(47)43-24-14-16-26-48(43)53)28-30-44(49)45-31-29-41(35-50(45)52)54(40-21-11-6-12-22-40)51-32-27-38(36-17-7-4-8-18-36)33-46(51)37-19-9-5-10-20-37/h4-35H,1-3H3. The Morgan fingerprint density at radius 3 is 1.50 bits per heavy atom. The Morgan fingerprint density at radius 2 is 0.852 bits per heavy atom. The third kappa shape index (κ3) is 4.85. The number of anilines is 3. The topological polar surface area (TPSA) is 3.24 Å². The van der Waals surface area contributed by atoms with E-state index in [4.69, 9.17) is 0 Å². The van der Waals surface area contributed by atoms with Crippen LogP contribution in [0.1, 0.15) is 48.6 Å². The lowest BCUT2D eigenvalue weighted by molar-refractivity contribution is 0.652. The van der Waals surface area contributed by atoms with Crippen molar-refractivity contribution in [3.63, 3.8) is 0 Å². The van der Waals surface area contributed by atoms with Crippen LogP contribution in [0.5, 0.6) is 0 Å². The Hall–Kier alpha value is -6.44. The van der Waals surface area contributed by atoms with E-state index in [0.717, 1.165) is 17.1 Å². The van der Waals surface area contributed by atoms with Gasteiger partial charge in [0.1, 0.15) is 0 Å². The second kappa shape index (κ2) is 12.3. The lowest BCUT2D eigenvalue weighted by Crippen LogP contribution is -2.24. The number of hydrogen-bond acceptors (Lipinski definition) is 1. The summed E-state index contributed by atoms with van der Waals surface area (Å²) in [6.45, 7) is 7.22. The van der Waals surface area contributed by atoms with Gasteiger partial charge in [0.05, 0.1) is 5.69 Å². The van der Waals surface area contributed by atoms with Crippen LogP contribution in [0.15, 0.2) is 194 Å². The highest BCUT2D eigenvalue weighted by Crippen LogP contribution is 2.56. The Kier molecular flexibility index (Phi) is 7.35. The van der Waals surface area contributed by atoms with Crippen molar-refractivity contribution in [2.75, 3.05) is 4.90 Å². The van der Waals surface area contributed by atoms with Crippen LogP contribution < -0.4 is 4.90 Å². The minimum atomic E-state index is -0.234. The molecule has 0 unspecified atom stereocenters. The molecule has 0 aromatic heterocycles. The van der Waals surface area contributed by atoms with Crippen molar-refractivity contribution in [1.29, 1.82) is 0 Å². The fourth-order valence-corrected chi connectivity index (χ4v) is 9.33. The third-order valence-corrected chi connectivity index (χ3v) is 12.2. The molecule has 0 atom stereocenters. The molecule has 0 saturated carbocycles. The van der Waals surface area contributed by atoms with Crippen molar-refractivity contribution >= 4 is 17.1 Å². The van der Waals surface area contributed by atoms with Crippen LogP contribution in [0.25, 0.3) is 44.5 Å². The molecule has 0 saturated heterocycles. The quantitative estimate of drug-likeness (QED) is 0.168. The SMILES string of the molecule is CC1(C)c2cc(N(c3ccccc3)c3ccc(-c4ccccc4)cc3-c3ccccc3)ccc2-c2ccc(C3(C)c4ccccc4-c4ccccc43)cc21. The smallest absolute Gasteiger partial charge is 0.0540 e. The van der Waals surface area contributed by atoms with E-state index in [1.807, 2.05) is 0 Å². The van der Waals surface area contributed by atoms with Gasteiger partial charge in [-0.15, -0.1) is 0 Å². The number of nitrogens with zero attached hydrogens (tertiary/aromatic N) is 1. The van der Waals surface area contributed by atoms with Gasteiger partial charge in [0.25, 0.3) is 0 Å². The van der Waals surface area contributed by atoms with Crippen molar-refractivity contribution in [2.24, 2.45) is 0 Å². The molecule has 0 bridgehead atoms. The normalized spacial score (nSPS) is 14.1. The van der Waals surface area contributed by atoms with Crippen LogP contribution >= 0.6 is 0 Å². The zero-order valence-corrected chi connectivity index (χ0v) is 30.9. The van der Waals surface area contributed by atoms with Gasteiger partial charge < -0.3 is 4.90 Å². The van der Waals surface area contributed by atoms with E-state index in [-0.39, 0.29) is 10.8 Å². The van der Waals surface area contributed by atoms with E-state index in [0.29, 0.717) is 0 Å². The summed E-state index contributed by atoms with van der Waals surface area (Å²) in [5.41, 5.74) is 20.0. The Balaban J connectivity index is 1.12. The summed E-state index contributed by atoms with van der Waals surface area (Å²) in [5, 5.41) is 0. The Bertz CT molecular complexity index is 2640. The van der Waals surface area contributed by atoms with Crippen LogP contribution in [0.2, 0.25) is 0 Å². The monoisotopic (exact) mass is 691 g/mol. The maximum absolute atomic E-state index is 2.51. The number of rotatable bonds is 6. The highest BCUT2D eigenvalue weighted by Gasteiger charge is 2.43. The molecule has 1 nitrogen and oxygen atoms in total. The van der Waals surface area contributed by atoms with Gasteiger partial charge in [0.2, 0.25) is 0 Å². The molecule has 0 radical (unpaired) electrons. The summed E-state index contributed by atoms with van der Waals surface area (Å²) >= 11 is 0. The Morgan fingerprint density at radius 1 is 0.333 bits per heavy atom. The number of hydrogen-bond donors (Lipinski definition) is 0. The zero-order chi connectivity index (χ0) is 36.4. The van der Waals surface area contributed by atoms with Gasteiger partial charge >= 0.3 is 0 Å². The molecule has 8 aromatic carbocycles. The van der Waals surface area contributed by atoms with Crippen LogP contribution in [0.4, 0.5) is 17.1 Å². The molecule has 0 amide bonds. The molecule has 10 rings (SSSR count). The van der Waals surface area contributed by atoms with Crippen LogP contribution in [-0.2, 0) is 10.8 Å². The molecular formula is C53H41N. The van der Waals surface area contributed by atoms with E-state index in [1.54, 1.807) is 0 Å². The van der Waals surface area contributed by atoms with Gasteiger partial charge in [-0.25, -0.2) is 0 Å². The van der Waals surface area contributed by atoms with Gasteiger partial charge in [-0.3, -0.25) is 0 Å². The van der Waals surface area contributed by atoms with Crippen molar-refractivity contribution in [3.05, 3.63) is 222 Å². The molecular weight excluding hydrogens is 651 g/mol. The maximum atomic E-state index is 2.51. The predicted molar refractivity (Wildman–Crippen MR) is 227 cm³/mol. The number of benzene rings is 8. The average molecular weight is 692 g/mol. The van der Waals surface area contributed by atoms with Gasteiger partial charge in [-0.2, -0.15) is 0 Å². The molecule has 2 aliphatic rings. The first-order chi connectivity index (χ1) is 26.4. The van der Waals surface area contributed by atoms with E-state index >= 15 is 0 Å². The van der Waals surface area contributed by atoms with E-state index < -0.39 is 0 Å². The molecule has 2 aliphatic carbocycles. The molecule has 0 spiro atoms. The van der Waals surface area contributed by atoms with Crippen molar-refractivity contribution in [2.45, 2.75) is 31.6 Å². The summed E-state index contributed by atoms with van der Waals surface area (Å²) in [6.07, 6.45) is 0. The molecule has 54 heavy (non-hydrogen) atoms. The van der Waals surface area contributed by atoms with Crippen LogP contribution in [-0.4, -0.2) is 0 Å². The lowest BCUT2D eigenvalue weighted by atomic mass is 9.72. The largest absolute Gasteiger partial charge is 0.310 e. The zero-order valence-electron chi connectivity index (χ0n) is 30.9. The molecule has 1 heteroatoms. The minimum absolute atomic E-state index is 0.202. The third-order valence-electron chi connectivity index (χ3n) is 12.2. The lowest BCUT2D eigenvalue weighted by Gasteiger charge is -2.31. The second-order valence-corrected chi connectivity index (χ2v) is 15.5. The second-order valence-electron chi connectivity index (χ2n) is 15.5. The number of fused-ring (bicyclic) bond motifs is 6. The molecule has 0 N–H and O–H groups in total. The first kappa shape index (κ1) is 32.2. The van der Waals surface area contributed by atoms with Gasteiger partial charge in [-0.1, -0.05) is 172 Å². The molecule has 0 fully saturated rings. The average Bonchev–Trinajstić information content (AvgIpc) is 3.63. The first-order valence-electron chi connectivity index (χ1n) is 19.0.